The molecule has 4 aromatic rings. The number of aromatic nitrogens is 3. The molecule has 1 aromatic carbocycles. The summed E-state index contributed by atoms with van der Waals surface area (Å²) in [6.45, 7) is 3.62. The summed E-state index contributed by atoms with van der Waals surface area (Å²) in [7, 11) is 0. The highest BCUT2D eigenvalue weighted by atomic mass is 32.1. The van der Waals surface area contributed by atoms with Crippen molar-refractivity contribution >= 4 is 44.1 Å². The first-order valence-electron chi connectivity index (χ1n) is 10.0. The highest BCUT2D eigenvalue weighted by Crippen LogP contribution is 2.28. The molecule has 4 heterocycles. The number of nitrogens with zero attached hydrogens (tertiary/aromatic N) is 4. The molecule has 1 aliphatic rings. The molecule has 0 unspecified atom stereocenters. The molecule has 8 heteroatoms. The number of fused-ring (bicyclic) bond motifs is 2. The van der Waals surface area contributed by atoms with E-state index in [2.05, 4.69) is 15.3 Å². The number of benzene rings is 1. The van der Waals surface area contributed by atoms with E-state index >= 15 is 0 Å². The number of pyridine rings is 1. The number of hydrogen-bond acceptors (Lipinski definition) is 5. The molecule has 1 N–H and O–H groups in total. The maximum atomic E-state index is 12.8. The lowest BCUT2D eigenvalue weighted by Gasteiger charge is -2.26. The summed E-state index contributed by atoms with van der Waals surface area (Å²) >= 11 is 1.36. The number of thiazole rings is 1. The van der Waals surface area contributed by atoms with Crippen LogP contribution in [0.15, 0.2) is 42.7 Å². The van der Waals surface area contributed by atoms with Crippen molar-refractivity contribution in [3.05, 3.63) is 59.5 Å². The van der Waals surface area contributed by atoms with Gasteiger partial charge in [0.25, 0.3) is 11.8 Å². The van der Waals surface area contributed by atoms with Crippen LogP contribution < -0.4 is 5.32 Å². The minimum atomic E-state index is -0.306. The molecule has 0 aliphatic carbocycles. The Balaban J connectivity index is 1.36. The van der Waals surface area contributed by atoms with Crippen molar-refractivity contribution < 1.29 is 9.59 Å². The molecule has 0 radical (unpaired) electrons. The standard InChI is InChI=1S/C22H21N5O2S/c1-14-7-10-27-13-17(23-19(27)11-14)20(28)25-22-24-16-6-5-15(12-18(16)30-22)21(29)26-8-3-2-4-9-26/h5-7,10-13H,2-4,8-9H2,1H3,(H,24,25,28). The Kier molecular flexibility index (Phi) is 4.71. The largest absolute Gasteiger partial charge is 0.339 e. The topological polar surface area (TPSA) is 79.6 Å². The number of amides is 2. The van der Waals surface area contributed by atoms with Gasteiger partial charge in [-0.05, 0) is 62.1 Å². The number of imidazole rings is 1. The van der Waals surface area contributed by atoms with E-state index in [1.165, 1.54) is 17.8 Å². The van der Waals surface area contributed by atoms with Crippen LogP contribution >= 0.6 is 11.3 Å². The molecule has 2 amide bonds. The second-order valence-electron chi connectivity index (χ2n) is 7.60. The first-order chi connectivity index (χ1) is 14.6. The molecule has 7 nitrogen and oxygen atoms in total. The first-order valence-corrected chi connectivity index (χ1v) is 10.8. The lowest BCUT2D eigenvalue weighted by molar-refractivity contribution is 0.0724. The van der Waals surface area contributed by atoms with Crippen LogP contribution in [-0.2, 0) is 0 Å². The smallest absolute Gasteiger partial charge is 0.277 e. The van der Waals surface area contributed by atoms with Crippen LogP contribution in [0.25, 0.3) is 15.9 Å². The Hall–Kier alpha value is -3.26. The van der Waals surface area contributed by atoms with Gasteiger partial charge in [0.2, 0.25) is 0 Å². The number of likely N-dealkylation sites (tertiary alicyclic amines) is 1. The molecule has 0 bridgehead atoms. The second-order valence-corrected chi connectivity index (χ2v) is 8.63. The van der Waals surface area contributed by atoms with Gasteiger partial charge < -0.3 is 9.30 Å². The van der Waals surface area contributed by atoms with Crippen LogP contribution in [0.5, 0.6) is 0 Å². The number of anilines is 1. The van der Waals surface area contributed by atoms with E-state index in [1.54, 1.807) is 6.20 Å². The van der Waals surface area contributed by atoms with Gasteiger partial charge in [0.05, 0.1) is 10.2 Å². The first kappa shape index (κ1) is 18.7. The Bertz CT molecular complexity index is 1270. The van der Waals surface area contributed by atoms with Crippen LogP contribution in [0.3, 0.4) is 0 Å². The predicted molar refractivity (Wildman–Crippen MR) is 117 cm³/mol. The molecular weight excluding hydrogens is 398 g/mol. The highest BCUT2D eigenvalue weighted by molar-refractivity contribution is 7.22. The van der Waals surface area contributed by atoms with E-state index in [9.17, 15) is 9.59 Å². The van der Waals surface area contributed by atoms with E-state index in [-0.39, 0.29) is 11.8 Å². The van der Waals surface area contributed by atoms with Crippen LogP contribution in [0.1, 0.15) is 45.7 Å². The Morgan fingerprint density at radius 2 is 1.90 bits per heavy atom. The summed E-state index contributed by atoms with van der Waals surface area (Å²) in [4.78, 5) is 36.2. The van der Waals surface area contributed by atoms with Crippen LogP contribution in [0.2, 0.25) is 0 Å². The van der Waals surface area contributed by atoms with Gasteiger partial charge in [0.1, 0.15) is 11.3 Å². The number of carbonyl (C=O) groups excluding carboxylic acids is 2. The minimum Gasteiger partial charge on any atom is -0.339 e. The van der Waals surface area contributed by atoms with Crippen molar-refractivity contribution in [3.8, 4) is 0 Å². The molecule has 3 aromatic heterocycles. The minimum absolute atomic E-state index is 0.0654. The fourth-order valence-corrected chi connectivity index (χ4v) is 4.65. The third-order valence-corrected chi connectivity index (χ3v) is 6.28. The second kappa shape index (κ2) is 7.53. The Labute approximate surface area is 177 Å². The zero-order chi connectivity index (χ0) is 20.7. The van der Waals surface area contributed by atoms with Crippen molar-refractivity contribution in [2.75, 3.05) is 18.4 Å². The lowest BCUT2D eigenvalue weighted by atomic mass is 10.1. The number of aryl methyl sites for hydroxylation is 1. The monoisotopic (exact) mass is 419 g/mol. The van der Waals surface area contributed by atoms with Crippen LogP contribution in [0, 0.1) is 6.92 Å². The van der Waals surface area contributed by atoms with Gasteiger partial charge in [-0.1, -0.05) is 11.3 Å². The summed E-state index contributed by atoms with van der Waals surface area (Å²) < 4.78 is 2.69. The van der Waals surface area contributed by atoms with Crippen LogP contribution in [-0.4, -0.2) is 44.2 Å². The molecule has 1 saturated heterocycles. The molecular formula is C22H21N5O2S. The Morgan fingerprint density at radius 1 is 1.07 bits per heavy atom. The quantitative estimate of drug-likeness (QED) is 0.541. The number of piperidine rings is 1. The van der Waals surface area contributed by atoms with E-state index in [1.807, 2.05) is 52.8 Å². The number of hydrogen-bond donors (Lipinski definition) is 1. The van der Waals surface area contributed by atoms with Gasteiger partial charge in [-0.2, -0.15) is 0 Å². The number of rotatable bonds is 3. The van der Waals surface area contributed by atoms with E-state index in [0.717, 1.165) is 47.4 Å². The van der Waals surface area contributed by atoms with Crippen molar-refractivity contribution in [1.82, 2.24) is 19.3 Å². The molecule has 0 atom stereocenters. The fourth-order valence-electron chi connectivity index (χ4n) is 3.74. The predicted octanol–water partition coefficient (Wildman–Crippen LogP) is 4.13. The van der Waals surface area contributed by atoms with Crippen molar-refractivity contribution in [2.45, 2.75) is 26.2 Å². The van der Waals surface area contributed by atoms with Crippen molar-refractivity contribution in [1.29, 1.82) is 0 Å². The lowest BCUT2D eigenvalue weighted by Crippen LogP contribution is -2.35. The van der Waals surface area contributed by atoms with Gasteiger partial charge in [0.15, 0.2) is 5.13 Å². The van der Waals surface area contributed by atoms with E-state index in [4.69, 9.17) is 0 Å². The zero-order valence-electron chi connectivity index (χ0n) is 16.6. The normalized spacial score (nSPS) is 14.4. The SMILES string of the molecule is Cc1ccn2cc(C(=O)Nc3nc4ccc(C(=O)N5CCCCC5)cc4s3)nc2c1. The van der Waals surface area contributed by atoms with Crippen molar-refractivity contribution in [3.63, 3.8) is 0 Å². The molecule has 0 saturated carbocycles. The number of nitrogens with one attached hydrogen (secondary N) is 1. The molecule has 1 aliphatic heterocycles. The molecule has 1 fully saturated rings. The van der Waals surface area contributed by atoms with Gasteiger partial charge in [-0.25, -0.2) is 9.97 Å². The average molecular weight is 420 g/mol. The molecule has 5 rings (SSSR count). The van der Waals surface area contributed by atoms with Gasteiger partial charge >= 0.3 is 0 Å². The zero-order valence-corrected chi connectivity index (χ0v) is 17.4. The summed E-state index contributed by atoms with van der Waals surface area (Å²) in [5.41, 5.74) is 3.57. The third kappa shape index (κ3) is 3.54. The van der Waals surface area contributed by atoms with Gasteiger partial charge in [-0.15, -0.1) is 0 Å². The molecule has 0 spiro atoms. The van der Waals surface area contributed by atoms with Crippen molar-refractivity contribution in [2.24, 2.45) is 0 Å². The molecule has 152 valence electrons. The molecule has 30 heavy (non-hydrogen) atoms. The average Bonchev–Trinajstić information content (AvgIpc) is 3.36. The fraction of sp³-hybridized carbons (Fsp3) is 0.273. The maximum absolute atomic E-state index is 12.8. The summed E-state index contributed by atoms with van der Waals surface area (Å²) in [5, 5.41) is 3.32. The Morgan fingerprint density at radius 3 is 2.73 bits per heavy atom. The summed E-state index contributed by atoms with van der Waals surface area (Å²) in [6, 6.07) is 9.41. The van der Waals surface area contributed by atoms with Crippen LogP contribution in [0.4, 0.5) is 5.13 Å². The van der Waals surface area contributed by atoms with Gasteiger partial charge in [-0.3, -0.25) is 14.9 Å². The van der Waals surface area contributed by atoms with Gasteiger partial charge in [0, 0.05) is 31.0 Å². The highest BCUT2D eigenvalue weighted by Gasteiger charge is 2.19. The van der Waals surface area contributed by atoms with E-state index < -0.39 is 0 Å². The number of carbonyl (C=O) groups is 2. The summed E-state index contributed by atoms with van der Waals surface area (Å²) in [6.07, 6.45) is 6.90. The maximum Gasteiger partial charge on any atom is 0.277 e. The van der Waals surface area contributed by atoms with E-state index in [0.29, 0.717) is 16.4 Å². The summed E-state index contributed by atoms with van der Waals surface area (Å²) in [5.74, 6) is -0.240. The third-order valence-electron chi connectivity index (χ3n) is 5.35.